The average molecular weight is 359 g/mol. The van der Waals surface area contributed by atoms with Crippen LogP contribution in [0.15, 0.2) is 53.4 Å². The van der Waals surface area contributed by atoms with Crippen LogP contribution in [0.2, 0.25) is 0 Å². The molecular weight excluding hydrogens is 342 g/mol. The summed E-state index contributed by atoms with van der Waals surface area (Å²) in [7, 11) is 0. The predicted octanol–water partition coefficient (Wildman–Crippen LogP) is 3.08. The van der Waals surface area contributed by atoms with E-state index in [1.807, 2.05) is 30.3 Å². The van der Waals surface area contributed by atoms with Gasteiger partial charge in [-0.15, -0.1) is 11.8 Å². The number of hydrogen-bond acceptors (Lipinski definition) is 6. The number of benzene rings is 2. The molecule has 2 aromatic rings. The second-order valence-corrected chi connectivity index (χ2v) is 6.34. The minimum absolute atomic E-state index is 0.145. The molecule has 1 aliphatic rings. The van der Waals surface area contributed by atoms with Gasteiger partial charge >= 0.3 is 5.97 Å². The molecule has 25 heavy (non-hydrogen) atoms. The molecule has 0 spiro atoms. The normalized spacial score (nSPS) is 13.2. The van der Waals surface area contributed by atoms with Crippen molar-refractivity contribution < 1.29 is 23.8 Å². The van der Waals surface area contributed by atoms with Gasteiger partial charge in [-0.3, -0.25) is 9.59 Å². The summed E-state index contributed by atoms with van der Waals surface area (Å²) >= 11 is 1.36. The van der Waals surface area contributed by atoms with Crippen molar-refractivity contribution in [1.29, 1.82) is 0 Å². The largest absolute Gasteiger partial charge is 0.454 e. The zero-order chi connectivity index (χ0) is 17.6. The number of nitrogens with one attached hydrogen (secondary N) is 1. The molecule has 0 radical (unpaired) electrons. The number of carbonyl (C=O) groups excluding carboxylic acids is 2. The van der Waals surface area contributed by atoms with Crippen molar-refractivity contribution in [2.75, 3.05) is 17.9 Å². The van der Waals surface area contributed by atoms with Crippen molar-refractivity contribution in [3.05, 3.63) is 48.5 Å². The Hall–Kier alpha value is -2.67. The third-order valence-electron chi connectivity index (χ3n) is 3.42. The first-order valence-electron chi connectivity index (χ1n) is 7.69. The Bertz CT molecular complexity index is 765. The van der Waals surface area contributed by atoms with Gasteiger partial charge in [0.1, 0.15) is 0 Å². The second-order valence-electron chi connectivity index (χ2n) is 5.29. The number of anilines is 1. The molecule has 6 nitrogen and oxygen atoms in total. The minimum Gasteiger partial charge on any atom is -0.454 e. The van der Waals surface area contributed by atoms with Crippen LogP contribution in [-0.2, 0) is 14.3 Å². The maximum absolute atomic E-state index is 12.2. The van der Waals surface area contributed by atoms with Gasteiger partial charge in [0.05, 0.1) is 5.75 Å². The number of esters is 1. The van der Waals surface area contributed by atoms with Crippen molar-refractivity contribution in [1.82, 2.24) is 0 Å². The zero-order valence-electron chi connectivity index (χ0n) is 13.6. The standard InChI is InChI=1S/C18H17NO5S/c1-12(24-17(20)10-25-14-5-3-2-4-6-14)18(21)19-13-7-8-15-16(9-13)23-11-22-15/h2-9,12H,10-11H2,1H3,(H,19,21). The molecule has 0 saturated heterocycles. The zero-order valence-corrected chi connectivity index (χ0v) is 14.4. The Morgan fingerprint density at radius 2 is 1.92 bits per heavy atom. The first-order chi connectivity index (χ1) is 12.1. The number of amides is 1. The lowest BCUT2D eigenvalue weighted by Gasteiger charge is -2.13. The average Bonchev–Trinajstić information content (AvgIpc) is 3.08. The van der Waals surface area contributed by atoms with Crippen LogP contribution in [0.5, 0.6) is 11.5 Å². The molecule has 0 aromatic heterocycles. The van der Waals surface area contributed by atoms with Crippen LogP contribution >= 0.6 is 11.8 Å². The molecule has 1 aliphatic heterocycles. The number of fused-ring (bicyclic) bond motifs is 1. The van der Waals surface area contributed by atoms with Gasteiger partial charge in [-0.25, -0.2) is 0 Å². The van der Waals surface area contributed by atoms with Gasteiger partial charge in [0, 0.05) is 16.6 Å². The van der Waals surface area contributed by atoms with E-state index in [-0.39, 0.29) is 12.5 Å². The lowest BCUT2D eigenvalue weighted by atomic mass is 10.2. The van der Waals surface area contributed by atoms with Crippen LogP contribution in [0.1, 0.15) is 6.92 Å². The van der Waals surface area contributed by atoms with Crippen LogP contribution in [0.4, 0.5) is 5.69 Å². The summed E-state index contributed by atoms with van der Waals surface area (Å²) in [6.07, 6.45) is -0.894. The van der Waals surface area contributed by atoms with Crippen LogP contribution < -0.4 is 14.8 Å². The molecule has 3 rings (SSSR count). The van der Waals surface area contributed by atoms with Crippen LogP contribution in [0, 0.1) is 0 Å². The SMILES string of the molecule is CC(OC(=O)CSc1ccccc1)C(=O)Nc1ccc2c(c1)OCO2. The number of hydrogen-bond donors (Lipinski definition) is 1. The first kappa shape index (κ1) is 17.2. The minimum atomic E-state index is -0.894. The quantitative estimate of drug-likeness (QED) is 0.631. The number of rotatable bonds is 6. The molecule has 1 amide bonds. The summed E-state index contributed by atoms with van der Waals surface area (Å²) in [5.41, 5.74) is 0.552. The second kappa shape index (κ2) is 7.94. The Morgan fingerprint density at radius 3 is 2.72 bits per heavy atom. The molecule has 2 aromatic carbocycles. The van der Waals surface area contributed by atoms with E-state index in [0.717, 1.165) is 4.90 Å². The van der Waals surface area contributed by atoms with Gasteiger partial charge in [-0.05, 0) is 31.2 Å². The van der Waals surface area contributed by atoms with Crippen LogP contribution in [-0.4, -0.2) is 30.5 Å². The molecule has 130 valence electrons. The van der Waals surface area contributed by atoms with Gasteiger partial charge in [0.2, 0.25) is 6.79 Å². The fraction of sp³-hybridized carbons (Fsp3) is 0.222. The van der Waals surface area contributed by atoms with Crippen molar-refractivity contribution in [3.8, 4) is 11.5 Å². The third kappa shape index (κ3) is 4.67. The predicted molar refractivity (Wildman–Crippen MR) is 93.9 cm³/mol. The lowest BCUT2D eigenvalue weighted by molar-refractivity contribution is -0.150. The third-order valence-corrected chi connectivity index (χ3v) is 4.40. The van der Waals surface area contributed by atoms with E-state index in [1.54, 1.807) is 18.2 Å². The van der Waals surface area contributed by atoms with Crippen molar-refractivity contribution in [2.45, 2.75) is 17.9 Å². The van der Waals surface area contributed by atoms with Crippen LogP contribution in [0.25, 0.3) is 0 Å². The number of thioether (sulfide) groups is 1. The van der Waals surface area contributed by atoms with E-state index in [1.165, 1.54) is 18.7 Å². The van der Waals surface area contributed by atoms with Crippen molar-refractivity contribution in [3.63, 3.8) is 0 Å². The molecular formula is C18H17NO5S. The van der Waals surface area contributed by atoms with Gasteiger partial charge in [0.25, 0.3) is 5.91 Å². The molecule has 7 heteroatoms. The smallest absolute Gasteiger partial charge is 0.317 e. The Labute approximate surface area is 149 Å². The fourth-order valence-corrected chi connectivity index (χ4v) is 2.86. The number of ether oxygens (including phenoxy) is 3. The highest BCUT2D eigenvalue weighted by molar-refractivity contribution is 8.00. The number of carbonyl (C=O) groups is 2. The van der Waals surface area contributed by atoms with Gasteiger partial charge in [0.15, 0.2) is 17.6 Å². The maximum atomic E-state index is 12.2. The van der Waals surface area contributed by atoms with E-state index in [9.17, 15) is 9.59 Å². The fourth-order valence-electron chi connectivity index (χ4n) is 2.16. The highest BCUT2D eigenvalue weighted by Crippen LogP contribution is 2.34. The highest BCUT2D eigenvalue weighted by Gasteiger charge is 2.19. The van der Waals surface area contributed by atoms with E-state index in [0.29, 0.717) is 17.2 Å². The topological polar surface area (TPSA) is 73.9 Å². The van der Waals surface area contributed by atoms with E-state index < -0.39 is 18.0 Å². The summed E-state index contributed by atoms with van der Waals surface area (Å²) in [5.74, 6) is 0.502. The summed E-state index contributed by atoms with van der Waals surface area (Å²) in [4.78, 5) is 25.0. The van der Waals surface area contributed by atoms with Gasteiger partial charge < -0.3 is 19.5 Å². The molecule has 1 N–H and O–H groups in total. The van der Waals surface area contributed by atoms with E-state index >= 15 is 0 Å². The first-order valence-corrected chi connectivity index (χ1v) is 8.68. The van der Waals surface area contributed by atoms with Crippen molar-refractivity contribution in [2.24, 2.45) is 0 Å². The van der Waals surface area contributed by atoms with Crippen LogP contribution in [0.3, 0.4) is 0 Å². The summed E-state index contributed by atoms with van der Waals surface area (Å²) < 4.78 is 15.6. The molecule has 0 saturated carbocycles. The Kier molecular flexibility index (Phi) is 5.45. The molecule has 0 fully saturated rings. The maximum Gasteiger partial charge on any atom is 0.317 e. The Morgan fingerprint density at radius 1 is 1.16 bits per heavy atom. The molecule has 0 aliphatic carbocycles. The summed E-state index contributed by atoms with van der Waals surface area (Å²) in [6, 6.07) is 14.6. The van der Waals surface area contributed by atoms with Gasteiger partial charge in [-0.2, -0.15) is 0 Å². The van der Waals surface area contributed by atoms with E-state index in [4.69, 9.17) is 14.2 Å². The van der Waals surface area contributed by atoms with Gasteiger partial charge in [-0.1, -0.05) is 18.2 Å². The summed E-state index contributed by atoms with van der Waals surface area (Å²) in [5, 5.41) is 2.69. The van der Waals surface area contributed by atoms with E-state index in [2.05, 4.69) is 5.32 Å². The lowest BCUT2D eigenvalue weighted by Crippen LogP contribution is -2.30. The Balaban J connectivity index is 1.48. The monoisotopic (exact) mass is 359 g/mol. The molecule has 0 bridgehead atoms. The van der Waals surface area contributed by atoms with Crippen molar-refractivity contribution >= 4 is 29.3 Å². The highest BCUT2D eigenvalue weighted by atomic mass is 32.2. The molecule has 1 heterocycles. The molecule has 1 atom stereocenters. The summed E-state index contributed by atoms with van der Waals surface area (Å²) in [6.45, 7) is 1.70. The molecule has 1 unspecified atom stereocenters.